The molecule has 1 heterocycles. The van der Waals surface area contributed by atoms with Crippen LogP contribution >= 0.6 is 11.6 Å². The number of carbonyl (C=O) groups excluding carboxylic acids is 1. The molecule has 44 heavy (non-hydrogen) atoms. The summed E-state index contributed by atoms with van der Waals surface area (Å²) in [6, 6.07) is 11.5. The number of alkyl halides is 3. The Morgan fingerprint density at radius 1 is 0.955 bits per heavy atom. The van der Waals surface area contributed by atoms with Crippen LogP contribution < -0.4 is 25.4 Å². The molecule has 5 rings (SSSR count). The molecule has 2 aliphatic rings. The van der Waals surface area contributed by atoms with Crippen LogP contribution in [0.2, 0.25) is 5.02 Å². The molecule has 0 spiro atoms. The minimum atomic E-state index is -4.64. The molecular formula is C26H25ClF3N7O6S. The SMILES string of the molecule is O=C(O)NCC1(C(=O)NS(=O)(=O)c2ccc(Nc3nc(NC4(c5ccc(Cl)cc5)CC4)nc(OCC(F)(F)F)n3)cc2)CC1. The number of hydrogen-bond donors (Lipinski definition) is 5. The van der Waals surface area contributed by atoms with Crippen LogP contribution in [0, 0.1) is 5.41 Å². The molecule has 2 aliphatic carbocycles. The molecular weight excluding hydrogens is 631 g/mol. The Morgan fingerprint density at radius 2 is 1.59 bits per heavy atom. The number of halogens is 4. The maximum atomic E-state index is 12.8. The van der Waals surface area contributed by atoms with E-state index in [9.17, 15) is 31.2 Å². The van der Waals surface area contributed by atoms with E-state index >= 15 is 0 Å². The molecule has 0 atom stereocenters. The number of sulfonamides is 1. The zero-order valence-corrected chi connectivity index (χ0v) is 24.2. The predicted octanol–water partition coefficient (Wildman–Crippen LogP) is 4.16. The van der Waals surface area contributed by atoms with E-state index in [0.717, 1.165) is 5.56 Å². The van der Waals surface area contributed by atoms with Crippen molar-refractivity contribution in [1.82, 2.24) is 25.0 Å². The number of carboxylic acid groups (broad SMARTS) is 1. The van der Waals surface area contributed by atoms with Crippen molar-refractivity contribution in [2.75, 3.05) is 23.8 Å². The highest BCUT2D eigenvalue weighted by Crippen LogP contribution is 2.48. The summed E-state index contributed by atoms with van der Waals surface area (Å²) < 4.78 is 70.8. The lowest BCUT2D eigenvalue weighted by atomic mass is 10.1. The molecule has 1 aromatic heterocycles. The molecule has 3 aromatic rings. The fourth-order valence-electron chi connectivity index (χ4n) is 4.29. The number of rotatable bonds is 12. The third-order valence-electron chi connectivity index (χ3n) is 7.04. The van der Waals surface area contributed by atoms with Gasteiger partial charge in [0.25, 0.3) is 10.0 Å². The van der Waals surface area contributed by atoms with Gasteiger partial charge in [0.15, 0.2) is 6.61 Å². The van der Waals surface area contributed by atoms with Crippen LogP contribution in [0.5, 0.6) is 6.01 Å². The second kappa shape index (κ2) is 11.6. The third kappa shape index (κ3) is 7.57. The predicted molar refractivity (Wildman–Crippen MR) is 150 cm³/mol. The van der Waals surface area contributed by atoms with Gasteiger partial charge in [-0.05, 0) is 67.6 Å². The van der Waals surface area contributed by atoms with Crippen molar-refractivity contribution >= 4 is 51.2 Å². The van der Waals surface area contributed by atoms with Crippen LogP contribution in [0.3, 0.4) is 0 Å². The first-order valence-corrected chi connectivity index (χ1v) is 14.9. The zero-order chi connectivity index (χ0) is 31.8. The molecule has 234 valence electrons. The van der Waals surface area contributed by atoms with Gasteiger partial charge >= 0.3 is 18.3 Å². The second-order valence-electron chi connectivity index (χ2n) is 10.4. The monoisotopic (exact) mass is 655 g/mol. The number of nitrogens with one attached hydrogen (secondary N) is 4. The Morgan fingerprint density at radius 3 is 2.16 bits per heavy atom. The smallest absolute Gasteiger partial charge is 0.422 e. The fraction of sp³-hybridized carbons (Fsp3) is 0.346. The maximum absolute atomic E-state index is 12.8. The summed E-state index contributed by atoms with van der Waals surface area (Å²) in [5.74, 6) is -1.06. The Hall–Kier alpha value is -4.38. The Labute approximate surface area is 253 Å². The highest BCUT2D eigenvalue weighted by Gasteiger charge is 2.51. The first-order valence-electron chi connectivity index (χ1n) is 13.1. The van der Waals surface area contributed by atoms with Gasteiger partial charge in [0.1, 0.15) is 0 Å². The molecule has 18 heteroatoms. The van der Waals surface area contributed by atoms with E-state index < -0.39 is 51.8 Å². The van der Waals surface area contributed by atoms with Crippen LogP contribution in [0.25, 0.3) is 0 Å². The highest BCUT2D eigenvalue weighted by molar-refractivity contribution is 7.90. The van der Waals surface area contributed by atoms with E-state index in [4.69, 9.17) is 21.4 Å². The number of amides is 2. The van der Waals surface area contributed by atoms with Crippen molar-refractivity contribution in [1.29, 1.82) is 0 Å². The fourth-order valence-corrected chi connectivity index (χ4v) is 5.49. The van der Waals surface area contributed by atoms with E-state index in [-0.39, 0.29) is 29.0 Å². The van der Waals surface area contributed by atoms with Crippen molar-refractivity contribution in [3.05, 3.63) is 59.1 Å². The number of ether oxygens (including phenoxy) is 1. The highest BCUT2D eigenvalue weighted by atomic mass is 35.5. The van der Waals surface area contributed by atoms with Crippen molar-refractivity contribution < 1.29 is 41.0 Å². The summed E-state index contributed by atoms with van der Waals surface area (Å²) in [5.41, 5.74) is -0.551. The Balaban J connectivity index is 1.31. The molecule has 13 nitrogen and oxygen atoms in total. The van der Waals surface area contributed by atoms with Gasteiger partial charge in [0, 0.05) is 17.3 Å². The van der Waals surface area contributed by atoms with Crippen LogP contribution in [0.1, 0.15) is 31.2 Å². The van der Waals surface area contributed by atoms with Crippen LogP contribution in [0.4, 0.5) is 35.5 Å². The van der Waals surface area contributed by atoms with Gasteiger partial charge in [0.05, 0.1) is 15.8 Å². The molecule has 0 unspecified atom stereocenters. The lowest BCUT2D eigenvalue weighted by Crippen LogP contribution is -2.42. The van der Waals surface area contributed by atoms with Crippen molar-refractivity contribution in [3.63, 3.8) is 0 Å². The number of hydrogen-bond acceptors (Lipinski definition) is 10. The van der Waals surface area contributed by atoms with Gasteiger partial charge in [-0.1, -0.05) is 23.7 Å². The maximum Gasteiger partial charge on any atom is 0.422 e. The van der Waals surface area contributed by atoms with E-state index in [1.807, 2.05) is 16.9 Å². The summed E-state index contributed by atoms with van der Waals surface area (Å²) >= 11 is 5.99. The third-order valence-corrected chi connectivity index (χ3v) is 8.64. The second-order valence-corrected chi connectivity index (χ2v) is 12.5. The van der Waals surface area contributed by atoms with Gasteiger partial charge < -0.3 is 25.8 Å². The van der Waals surface area contributed by atoms with Crippen molar-refractivity contribution in [3.8, 4) is 6.01 Å². The van der Waals surface area contributed by atoms with E-state index in [0.29, 0.717) is 30.7 Å². The van der Waals surface area contributed by atoms with Gasteiger partial charge in [0.2, 0.25) is 17.8 Å². The van der Waals surface area contributed by atoms with Crippen LogP contribution in [-0.4, -0.2) is 59.8 Å². The molecule has 2 aromatic carbocycles. The molecule has 5 N–H and O–H groups in total. The van der Waals surface area contributed by atoms with E-state index in [1.54, 1.807) is 12.1 Å². The number of aromatic nitrogens is 3. The zero-order valence-electron chi connectivity index (χ0n) is 22.6. The van der Waals surface area contributed by atoms with Gasteiger partial charge in [-0.25, -0.2) is 17.9 Å². The van der Waals surface area contributed by atoms with Crippen molar-refractivity contribution in [2.24, 2.45) is 5.41 Å². The molecule has 2 fully saturated rings. The summed E-state index contributed by atoms with van der Waals surface area (Å²) in [7, 11) is -4.30. The summed E-state index contributed by atoms with van der Waals surface area (Å²) in [4.78, 5) is 35.2. The minimum absolute atomic E-state index is 0.0552. The standard InChI is InChI=1S/C26H25ClF3N7O6S/c27-16-3-1-15(2-4-16)25(11-12-25)36-21-33-20(34-22(35-21)43-14-26(28,29)30)32-17-5-7-18(8-6-17)44(41,42)37-19(38)24(9-10-24)13-31-23(39)40/h1-8,31H,9-14H2,(H,37,38)(H,39,40)(H2,32,33,34,35,36). The van der Waals surface area contributed by atoms with Crippen molar-refractivity contribution in [2.45, 2.75) is 42.3 Å². The normalized spacial score (nSPS) is 16.4. The first-order chi connectivity index (χ1) is 20.7. The molecule has 0 radical (unpaired) electrons. The number of nitrogens with zero attached hydrogens (tertiary/aromatic N) is 3. The largest absolute Gasteiger partial charge is 0.465 e. The molecule has 0 aliphatic heterocycles. The lowest BCUT2D eigenvalue weighted by molar-refractivity contribution is -0.154. The summed E-state index contributed by atoms with van der Waals surface area (Å²) in [5, 5.41) is 17.4. The topological polar surface area (TPSA) is 185 Å². The molecule has 2 saturated carbocycles. The lowest BCUT2D eigenvalue weighted by Gasteiger charge is -2.19. The van der Waals surface area contributed by atoms with E-state index in [2.05, 4.69) is 30.9 Å². The number of carbonyl (C=O) groups is 2. The van der Waals surface area contributed by atoms with Gasteiger partial charge in [-0.15, -0.1) is 0 Å². The van der Waals surface area contributed by atoms with Crippen LogP contribution in [-0.2, 0) is 20.4 Å². The van der Waals surface area contributed by atoms with Gasteiger partial charge in [-0.3, -0.25) is 4.79 Å². The molecule has 0 saturated heterocycles. The Bertz CT molecular complexity index is 1670. The molecule has 0 bridgehead atoms. The number of benzene rings is 2. The van der Waals surface area contributed by atoms with E-state index in [1.165, 1.54) is 24.3 Å². The minimum Gasteiger partial charge on any atom is -0.465 e. The number of anilines is 3. The quantitative estimate of drug-likeness (QED) is 0.189. The van der Waals surface area contributed by atoms with Gasteiger partial charge in [-0.2, -0.15) is 28.1 Å². The van der Waals surface area contributed by atoms with Crippen LogP contribution in [0.15, 0.2) is 53.4 Å². The Kier molecular flexibility index (Phi) is 8.19. The average Bonchev–Trinajstić information content (AvgIpc) is 3.88. The first kappa shape index (κ1) is 31.1. The summed E-state index contributed by atoms with van der Waals surface area (Å²) in [6.07, 6.45) is -3.91. The summed E-state index contributed by atoms with van der Waals surface area (Å²) in [6.45, 7) is -1.85. The average molecular weight is 656 g/mol. The molecule has 2 amide bonds.